The molecule has 2 aromatic rings. The summed E-state index contributed by atoms with van der Waals surface area (Å²) in [6.45, 7) is 3.25. The molecule has 2 heterocycles. The van der Waals surface area contributed by atoms with Crippen LogP contribution in [0, 0.1) is 17.2 Å². The van der Waals surface area contributed by atoms with Crippen molar-refractivity contribution in [2.75, 3.05) is 13.7 Å². The summed E-state index contributed by atoms with van der Waals surface area (Å²) in [5, 5.41) is 15.6. The number of carbonyl (C=O) groups is 3. The van der Waals surface area contributed by atoms with Crippen molar-refractivity contribution in [3.05, 3.63) is 30.0 Å². The van der Waals surface area contributed by atoms with E-state index in [9.17, 15) is 24.0 Å². The summed E-state index contributed by atoms with van der Waals surface area (Å²) in [5.41, 5.74) is 4.32. The SMILES string of the molecule is COc1cccc2c1cc(C(N)=O)n2[C@@H](CC(C)(C)F)C(=O)N[C@H](C#N)C[C@@H]1CCCNC1=O. The van der Waals surface area contributed by atoms with Gasteiger partial charge in [0, 0.05) is 24.3 Å². The Kier molecular flexibility index (Phi) is 7.44. The zero-order chi connectivity index (χ0) is 25.0. The van der Waals surface area contributed by atoms with Gasteiger partial charge in [-0.3, -0.25) is 14.4 Å². The minimum Gasteiger partial charge on any atom is -0.496 e. The number of hydrogen-bond acceptors (Lipinski definition) is 5. The minimum absolute atomic E-state index is 0.0177. The predicted octanol–water partition coefficient (Wildman–Crippen LogP) is 2.35. The second kappa shape index (κ2) is 10.1. The lowest BCUT2D eigenvalue weighted by molar-refractivity contribution is -0.128. The maximum atomic E-state index is 14.9. The number of fused-ring (bicyclic) bond motifs is 1. The fourth-order valence-corrected chi connectivity index (χ4v) is 4.44. The number of amides is 3. The first-order chi connectivity index (χ1) is 16.1. The number of nitrogens with one attached hydrogen (secondary N) is 2. The number of nitrogens with zero attached hydrogens (tertiary/aromatic N) is 2. The van der Waals surface area contributed by atoms with Crippen molar-refractivity contribution in [1.82, 2.24) is 15.2 Å². The highest BCUT2D eigenvalue weighted by Crippen LogP contribution is 2.35. The molecule has 1 fully saturated rings. The van der Waals surface area contributed by atoms with E-state index in [4.69, 9.17) is 10.5 Å². The molecule has 10 heteroatoms. The van der Waals surface area contributed by atoms with Crippen LogP contribution in [0.2, 0.25) is 0 Å². The number of primary amides is 1. The zero-order valence-electron chi connectivity index (χ0n) is 19.6. The normalized spacial score (nSPS) is 18.0. The third-order valence-corrected chi connectivity index (χ3v) is 6.00. The van der Waals surface area contributed by atoms with Crippen molar-refractivity contribution in [3.8, 4) is 11.8 Å². The van der Waals surface area contributed by atoms with Gasteiger partial charge in [0.05, 0.1) is 18.7 Å². The van der Waals surface area contributed by atoms with Gasteiger partial charge >= 0.3 is 0 Å². The Hall–Kier alpha value is -3.61. The van der Waals surface area contributed by atoms with Crippen molar-refractivity contribution in [1.29, 1.82) is 5.26 Å². The van der Waals surface area contributed by atoms with Gasteiger partial charge in [0.2, 0.25) is 11.8 Å². The number of piperidine rings is 1. The van der Waals surface area contributed by atoms with Gasteiger partial charge in [0.25, 0.3) is 5.91 Å². The molecule has 1 aromatic carbocycles. The minimum atomic E-state index is -1.78. The van der Waals surface area contributed by atoms with Crippen molar-refractivity contribution in [3.63, 3.8) is 0 Å². The van der Waals surface area contributed by atoms with Crippen LogP contribution in [0.5, 0.6) is 5.75 Å². The van der Waals surface area contributed by atoms with Gasteiger partial charge in [-0.1, -0.05) is 6.07 Å². The van der Waals surface area contributed by atoms with Crippen LogP contribution in [0.25, 0.3) is 10.9 Å². The van der Waals surface area contributed by atoms with E-state index < -0.39 is 35.5 Å². The fraction of sp³-hybridized carbons (Fsp3) is 0.500. The van der Waals surface area contributed by atoms with Crippen LogP contribution < -0.4 is 21.1 Å². The predicted molar refractivity (Wildman–Crippen MR) is 124 cm³/mol. The van der Waals surface area contributed by atoms with Crippen molar-refractivity contribution >= 4 is 28.6 Å². The highest BCUT2D eigenvalue weighted by molar-refractivity contribution is 6.01. The Morgan fingerprint density at radius 1 is 1.44 bits per heavy atom. The van der Waals surface area contributed by atoms with Crippen molar-refractivity contribution in [2.24, 2.45) is 11.7 Å². The standard InChI is InChI=1S/C24H30FN5O4/c1-24(2,25)12-19(23(33)29-15(13-26)10-14-6-5-9-28-22(14)32)30-17-7-4-8-20(34-3)16(17)11-18(30)21(27)31/h4,7-8,11,14-15,19H,5-6,9-10,12H2,1-3H3,(H2,27,31)(H,28,32)(H,29,33)/t14-,15-,19-/m0/s1. The Labute approximate surface area is 197 Å². The molecule has 3 atom stereocenters. The molecule has 1 saturated heterocycles. The Morgan fingerprint density at radius 2 is 2.18 bits per heavy atom. The molecule has 0 radical (unpaired) electrons. The summed E-state index contributed by atoms with van der Waals surface area (Å²) in [6.07, 6.45) is 1.28. The van der Waals surface area contributed by atoms with E-state index in [1.807, 2.05) is 6.07 Å². The number of methoxy groups -OCH3 is 1. The number of alkyl halides is 1. The van der Waals surface area contributed by atoms with E-state index in [0.29, 0.717) is 29.6 Å². The number of hydrogen-bond donors (Lipinski definition) is 3. The summed E-state index contributed by atoms with van der Waals surface area (Å²) in [6, 6.07) is 6.48. The molecule has 3 amide bonds. The van der Waals surface area contributed by atoms with E-state index >= 15 is 0 Å². The number of benzene rings is 1. The number of nitriles is 1. The smallest absolute Gasteiger partial charge is 0.265 e. The van der Waals surface area contributed by atoms with Crippen LogP contribution in [0.15, 0.2) is 24.3 Å². The lowest BCUT2D eigenvalue weighted by Crippen LogP contribution is -2.45. The average Bonchev–Trinajstić information content (AvgIpc) is 3.17. The number of rotatable bonds is 9. The first kappa shape index (κ1) is 25.0. The van der Waals surface area contributed by atoms with Crippen molar-refractivity contribution < 1.29 is 23.5 Å². The first-order valence-electron chi connectivity index (χ1n) is 11.2. The Balaban J connectivity index is 2.00. The van der Waals surface area contributed by atoms with Crippen LogP contribution in [0.3, 0.4) is 0 Å². The second-order valence-electron chi connectivity index (χ2n) is 9.15. The van der Waals surface area contributed by atoms with Gasteiger partial charge in [-0.25, -0.2) is 4.39 Å². The summed E-state index contributed by atoms with van der Waals surface area (Å²) in [4.78, 5) is 37.9. The Morgan fingerprint density at radius 3 is 2.76 bits per heavy atom. The summed E-state index contributed by atoms with van der Waals surface area (Å²) in [5.74, 6) is -1.51. The molecular weight excluding hydrogens is 441 g/mol. The van der Waals surface area contributed by atoms with Crippen molar-refractivity contribution in [2.45, 2.75) is 57.3 Å². The Bertz CT molecular complexity index is 1130. The fourth-order valence-electron chi connectivity index (χ4n) is 4.44. The number of nitrogens with two attached hydrogens (primary N) is 1. The number of ether oxygens (including phenoxy) is 1. The molecule has 182 valence electrons. The van der Waals surface area contributed by atoms with Crippen LogP contribution in [0.1, 0.15) is 56.1 Å². The highest BCUT2D eigenvalue weighted by atomic mass is 19.1. The van der Waals surface area contributed by atoms with Crippen LogP contribution >= 0.6 is 0 Å². The third-order valence-electron chi connectivity index (χ3n) is 6.00. The van der Waals surface area contributed by atoms with Gasteiger partial charge in [-0.15, -0.1) is 0 Å². The van der Waals surface area contributed by atoms with E-state index in [1.54, 1.807) is 18.2 Å². The molecule has 1 aliphatic rings. The molecule has 0 bridgehead atoms. The average molecular weight is 472 g/mol. The first-order valence-corrected chi connectivity index (χ1v) is 11.2. The maximum Gasteiger partial charge on any atom is 0.265 e. The lowest BCUT2D eigenvalue weighted by atomic mass is 9.91. The summed E-state index contributed by atoms with van der Waals surface area (Å²) >= 11 is 0. The van der Waals surface area contributed by atoms with Crippen LogP contribution in [0.4, 0.5) is 4.39 Å². The molecule has 34 heavy (non-hydrogen) atoms. The topological polar surface area (TPSA) is 139 Å². The van der Waals surface area contributed by atoms with Gasteiger partial charge in [0.15, 0.2) is 0 Å². The van der Waals surface area contributed by atoms with E-state index in [1.165, 1.54) is 31.6 Å². The quantitative estimate of drug-likeness (QED) is 0.515. The molecule has 9 nitrogen and oxygen atoms in total. The molecule has 1 aliphatic heterocycles. The van der Waals surface area contributed by atoms with Gasteiger partial charge < -0.3 is 25.7 Å². The zero-order valence-corrected chi connectivity index (χ0v) is 19.6. The molecule has 4 N–H and O–H groups in total. The third kappa shape index (κ3) is 5.47. The van der Waals surface area contributed by atoms with Gasteiger partial charge in [-0.2, -0.15) is 5.26 Å². The van der Waals surface area contributed by atoms with Crippen LogP contribution in [-0.4, -0.2) is 47.7 Å². The van der Waals surface area contributed by atoms with E-state index in [-0.39, 0.29) is 24.4 Å². The molecular formula is C24H30FN5O4. The molecule has 0 saturated carbocycles. The number of carbonyl (C=O) groups excluding carboxylic acids is 3. The summed E-state index contributed by atoms with van der Waals surface area (Å²) < 4.78 is 21.6. The molecule has 0 aliphatic carbocycles. The van der Waals surface area contributed by atoms with Gasteiger partial charge in [0.1, 0.15) is 29.2 Å². The lowest BCUT2D eigenvalue weighted by Gasteiger charge is -2.28. The van der Waals surface area contributed by atoms with E-state index in [2.05, 4.69) is 10.6 Å². The molecule has 0 unspecified atom stereocenters. The molecule has 1 aromatic heterocycles. The number of halogens is 1. The molecule has 0 spiro atoms. The van der Waals surface area contributed by atoms with Gasteiger partial charge in [-0.05, 0) is 51.3 Å². The van der Waals surface area contributed by atoms with E-state index in [0.717, 1.165) is 6.42 Å². The molecule has 3 rings (SSSR count). The summed E-state index contributed by atoms with van der Waals surface area (Å²) in [7, 11) is 1.48. The van der Waals surface area contributed by atoms with Crippen LogP contribution in [-0.2, 0) is 9.59 Å². The second-order valence-corrected chi connectivity index (χ2v) is 9.15. The largest absolute Gasteiger partial charge is 0.496 e. The highest BCUT2D eigenvalue weighted by Gasteiger charge is 2.35. The monoisotopic (exact) mass is 471 g/mol. The number of aromatic nitrogens is 1. The maximum absolute atomic E-state index is 14.9.